The van der Waals surface area contributed by atoms with Gasteiger partial charge in [0, 0.05) is 7.05 Å². The lowest BCUT2D eigenvalue weighted by Gasteiger charge is -2.56. The van der Waals surface area contributed by atoms with E-state index in [1.807, 2.05) is 6.92 Å². The molecule has 6 unspecified atom stereocenters. The Bertz CT molecular complexity index is 495. The first kappa shape index (κ1) is 13.1. The molecule has 1 N–H and O–H groups in total. The number of ether oxygens (including phenoxy) is 1. The van der Waals surface area contributed by atoms with Crippen LogP contribution in [0, 0.1) is 17.8 Å². The molecule has 0 spiro atoms. The number of halogens is 1. The van der Waals surface area contributed by atoms with E-state index in [1.54, 1.807) is 7.05 Å². The highest BCUT2D eigenvalue weighted by atomic mass is 127. The molecular formula is C12H14INO5. The van der Waals surface area contributed by atoms with E-state index in [0.717, 1.165) is 0 Å². The van der Waals surface area contributed by atoms with Crippen LogP contribution in [0.1, 0.15) is 13.3 Å². The first-order chi connectivity index (χ1) is 8.84. The lowest BCUT2D eigenvalue weighted by atomic mass is 9.60. The van der Waals surface area contributed by atoms with Crippen molar-refractivity contribution in [1.82, 2.24) is 4.90 Å². The highest BCUT2D eigenvalue weighted by molar-refractivity contribution is 14.1. The molecule has 1 amide bonds. The minimum Gasteiger partial charge on any atom is -0.481 e. The number of carboxylic acids is 1. The predicted octanol–water partition coefficient (Wildman–Crippen LogP) is 0.283. The van der Waals surface area contributed by atoms with Gasteiger partial charge in [0.1, 0.15) is 6.10 Å². The number of amides is 1. The Kier molecular flexibility index (Phi) is 2.65. The number of esters is 1. The minimum absolute atomic E-state index is 0.163. The number of fused-ring (bicyclic) bond motifs is 1. The van der Waals surface area contributed by atoms with E-state index in [0.29, 0.717) is 6.42 Å². The van der Waals surface area contributed by atoms with E-state index < -0.39 is 45.3 Å². The topological polar surface area (TPSA) is 83.9 Å². The second-order valence-corrected chi connectivity index (χ2v) is 7.46. The number of rotatable bonds is 2. The molecule has 104 valence electrons. The molecule has 4 bridgehead atoms. The Morgan fingerprint density at radius 2 is 2.11 bits per heavy atom. The lowest BCUT2D eigenvalue weighted by Crippen LogP contribution is -2.73. The first-order valence-corrected chi connectivity index (χ1v) is 7.31. The highest BCUT2D eigenvalue weighted by Crippen LogP contribution is 2.58. The zero-order valence-corrected chi connectivity index (χ0v) is 12.7. The van der Waals surface area contributed by atoms with Crippen LogP contribution in [0.5, 0.6) is 0 Å². The van der Waals surface area contributed by atoms with Crippen LogP contribution in [-0.2, 0) is 19.1 Å². The second-order valence-electron chi connectivity index (χ2n) is 5.45. The minimum atomic E-state index is -1.02. The van der Waals surface area contributed by atoms with Gasteiger partial charge < -0.3 is 14.7 Å². The number of hydrogen-bond acceptors (Lipinski definition) is 4. The quantitative estimate of drug-likeness (QED) is 0.424. The van der Waals surface area contributed by atoms with Crippen LogP contribution in [0.3, 0.4) is 0 Å². The molecule has 3 saturated heterocycles. The molecule has 0 aromatic rings. The van der Waals surface area contributed by atoms with Crippen LogP contribution in [-0.4, -0.2) is 50.5 Å². The molecule has 0 aromatic heterocycles. The Hall–Kier alpha value is -0.860. The Labute approximate surface area is 123 Å². The molecule has 6 nitrogen and oxygen atoms in total. The Morgan fingerprint density at radius 3 is 2.63 bits per heavy atom. The fourth-order valence-corrected chi connectivity index (χ4v) is 5.28. The number of carbonyl (C=O) groups excluding carboxylic acids is 2. The van der Waals surface area contributed by atoms with Gasteiger partial charge in [0.15, 0.2) is 0 Å². The van der Waals surface area contributed by atoms with Crippen molar-refractivity contribution in [2.75, 3.05) is 7.05 Å². The molecule has 7 heteroatoms. The van der Waals surface area contributed by atoms with Crippen molar-refractivity contribution in [1.29, 1.82) is 0 Å². The van der Waals surface area contributed by atoms with Crippen molar-refractivity contribution in [3.8, 4) is 0 Å². The van der Waals surface area contributed by atoms with Crippen molar-refractivity contribution in [2.45, 2.75) is 28.9 Å². The maximum absolute atomic E-state index is 12.3. The summed E-state index contributed by atoms with van der Waals surface area (Å²) < 4.78 is 4.85. The van der Waals surface area contributed by atoms with Gasteiger partial charge in [-0.2, -0.15) is 0 Å². The maximum Gasteiger partial charge on any atom is 0.311 e. The largest absolute Gasteiger partial charge is 0.481 e. The summed E-state index contributed by atoms with van der Waals surface area (Å²) in [4.78, 5) is 37.3. The summed E-state index contributed by atoms with van der Waals surface area (Å²) in [7, 11) is 1.63. The first-order valence-electron chi connectivity index (χ1n) is 6.23. The van der Waals surface area contributed by atoms with Crippen LogP contribution in [0.25, 0.3) is 0 Å². The summed E-state index contributed by atoms with van der Waals surface area (Å²) in [6.45, 7) is 1.94. The van der Waals surface area contributed by atoms with Gasteiger partial charge in [-0.15, -0.1) is 0 Å². The van der Waals surface area contributed by atoms with Gasteiger partial charge in [0.25, 0.3) is 0 Å². The monoisotopic (exact) mass is 379 g/mol. The summed E-state index contributed by atoms with van der Waals surface area (Å²) >= 11 is 2.18. The third kappa shape index (κ3) is 1.34. The molecule has 0 radical (unpaired) electrons. The maximum atomic E-state index is 12.3. The van der Waals surface area contributed by atoms with Crippen molar-refractivity contribution in [3.63, 3.8) is 0 Å². The summed E-state index contributed by atoms with van der Waals surface area (Å²) in [6, 6.07) is -0.491. The van der Waals surface area contributed by atoms with Gasteiger partial charge in [0.05, 0.1) is 27.2 Å². The summed E-state index contributed by atoms with van der Waals surface area (Å²) in [5.41, 5.74) is 0. The number of carbonyl (C=O) groups is 3. The van der Waals surface area contributed by atoms with Gasteiger partial charge in [-0.25, -0.2) is 0 Å². The van der Waals surface area contributed by atoms with E-state index >= 15 is 0 Å². The van der Waals surface area contributed by atoms with E-state index in [2.05, 4.69) is 22.6 Å². The third-order valence-electron chi connectivity index (χ3n) is 4.80. The molecule has 1 aliphatic carbocycles. The molecule has 6 atom stereocenters. The summed E-state index contributed by atoms with van der Waals surface area (Å²) in [6.07, 6.45) is 0.167. The second kappa shape index (κ2) is 3.83. The zero-order valence-electron chi connectivity index (χ0n) is 10.5. The Morgan fingerprint density at radius 1 is 1.47 bits per heavy atom. The van der Waals surface area contributed by atoms with Gasteiger partial charge in [0.2, 0.25) is 5.91 Å². The number of carboxylic acid groups (broad SMARTS) is 1. The number of piperidine rings is 2. The summed E-state index contributed by atoms with van der Waals surface area (Å²) in [5, 5.41) is 9.48. The molecule has 1 saturated carbocycles. The van der Waals surface area contributed by atoms with E-state index in [1.165, 1.54) is 4.90 Å². The summed E-state index contributed by atoms with van der Waals surface area (Å²) in [5.74, 6) is -4.03. The Balaban J connectivity index is 2.20. The average Bonchev–Trinajstić information content (AvgIpc) is 2.66. The third-order valence-corrected chi connectivity index (χ3v) is 6.81. The van der Waals surface area contributed by atoms with Crippen LogP contribution in [0.2, 0.25) is 0 Å². The lowest BCUT2D eigenvalue weighted by molar-refractivity contribution is -0.170. The molecule has 4 rings (SSSR count). The number of hydrogen-bond donors (Lipinski definition) is 1. The van der Waals surface area contributed by atoms with E-state index in [9.17, 15) is 19.5 Å². The van der Waals surface area contributed by atoms with Crippen molar-refractivity contribution in [2.24, 2.45) is 17.8 Å². The molecule has 3 heterocycles. The van der Waals surface area contributed by atoms with Gasteiger partial charge >= 0.3 is 11.9 Å². The molecule has 4 aliphatic rings. The van der Waals surface area contributed by atoms with Crippen molar-refractivity contribution < 1.29 is 24.2 Å². The smallest absolute Gasteiger partial charge is 0.311 e. The van der Waals surface area contributed by atoms with Crippen molar-refractivity contribution >= 4 is 40.4 Å². The fourth-order valence-electron chi connectivity index (χ4n) is 3.96. The molecule has 19 heavy (non-hydrogen) atoms. The standard InChI is InChI=1S/C12H14INO5/c1-3-12(13)7-5(10(16)17)4-6(9(15)14(7)2)8(12)19-11(4)18/h4-8H,3H2,1-2H3,(H,16,17). The normalized spacial score (nSPS) is 47.5. The van der Waals surface area contributed by atoms with Gasteiger partial charge in [-0.05, 0) is 6.42 Å². The van der Waals surface area contributed by atoms with Crippen molar-refractivity contribution in [3.05, 3.63) is 0 Å². The average molecular weight is 379 g/mol. The molecular weight excluding hydrogens is 365 g/mol. The highest BCUT2D eigenvalue weighted by Gasteiger charge is 2.74. The number of aliphatic carboxylic acids is 1. The van der Waals surface area contributed by atoms with Crippen LogP contribution >= 0.6 is 22.6 Å². The van der Waals surface area contributed by atoms with Gasteiger partial charge in [-0.3, -0.25) is 14.4 Å². The fraction of sp³-hybridized carbons (Fsp3) is 0.750. The van der Waals surface area contributed by atoms with Crippen LogP contribution in [0.15, 0.2) is 0 Å². The SMILES string of the molecule is CCC1(I)C2OC(=O)C3C2C(=O)N(C)C1C3C(=O)O. The van der Waals surface area contributed by atoms with Crippen LogP contribution < -0.4 is 0 Å². The predicted molar refractivity (Wildman–Crippen MR) is 71.6 cm³/mol. The van der Waals surface area contributed by atoms with Gasteiger partial charge in [-0.1, -0.05) is 29.5 Å². The zero-order chi connectivity index (χ0) is 14.1. The molecule has 4 fully saturated rings. The van der Waals surface area contributed by atoms with E-state index in [-0.39, 0.29) is 5.91 Å². The van der Waals surface area contributed by atoms with E-state index in [4.69, 9.17) is 4.74 Å². The number of alkyl halides is 1. The number of nitrogens with zero attached hydrogens (tertiary/aromatic N) is 1. The van der Waals surface area contributed by atoms with Crippen LogP contribution in [0.4, 0.5) is 0 Å². The molecule has 3 aliphatic heterocycles. The molecule has 0 aromatic carbocycles.